The summed E-state index contributed by atoms with van der Waals surface area (Å²) in [4.78, 5) is 34.9. The number of hydrogen-bond donors (Lipinski definition) is 2. The minimum Gasteiger partial charge on any atom is -0.382 e. The van der Waals surface area contributed by atoms with Crippen LogP contribution in [0.15, 0.2) is 66.2 Å². The van der Waals surface area contributed by atoms with Crippen molar-refractivity contribution in [1.29, 1.82) is 0 Å². The summed E-state index contributed by atoms with van der Waals surface area (Å²) >= 11 is 1.53. The third-order valence-corrected chi connectivity index (χ3v) is 10.6. The Morgan fingerprint density at radius 3 is 2.53 bits per heavy atom. The lowest BCUT2D eigenvalue weighted by molar-refractivity contribution is -0.125. The second kappa shape index (κ2) is 11.7. The van der Waals surface area contributed by atoms with Crippen LogP contribution in [-0.4, -0.2) is 33.8 Å². The number of benzene rings is 3. The number of amides is 2. The van der Waals surface area contributed by atoms with Crippen LogP contribution >= 0.6 is 11.3 Å². The van der Waals surface area contributed by atoms with Crippen LogP contribution in [0.5, 0.6) is 0 Å². The number of halogens is 1. The average molecular weight is 597 g/mol. The SMILES string of the molecule is Cc1cccc(F)c1C(=O)N1C(c2ccc(NC3CCCC3)cc2)C(C(=O)Nc2ccc3ncsc3c2)C[C@@H]2CCC[C@@H]21. The van der Waals surface area contributed by atoms with Gasteiger partial charge >= 0.3 is 0 Å². The van der Waals surface area contributed by atoms with Crippen molar-refractivity contribution in [3.63, 3.8) is 0 Å². The normalized spacial score (nSPS) is 23.8. The van der Waals surface area contributed by atoms with Gasteiger partial charge in [-0.3, -0.25) is 9.59 Å². The van der Waals surface area contributed by atoms with Crippen LogP contribution in [0.3, 0.4) is 0 Å². The second-order valence-electron chi connectivity index (χ2n) is 12.5. The Bertz CT molecular complexity index is 1630. The van der Waals surface area contributed by atoms with E-state index < -0.39 is 17.8 Å². The highest BCUT2D eigenvalue weighted by Gasteiger charge is 2.50. The summed E-state index contributed by atoms with van der Waals surface area (Å²) in [6.07, 6.45) is 8.34. The summed E-state index contributed by atoms with van der Waals surface area (Å²) in [7, 11) is 0. The summed E-state index contributed by atoms with van der Waals surface area (Å²) in [5, 5.41) is 6.82. The molecule has 0 bridgehead atoms. The van der Waals surface area contributed by atoms with Crippen LogP contribution in [0.4, 0.5) is 15.8 Å². The molecule has 4 atom stereocenters. The van der Waals surface area contributed by atoms with Crippen LogP contribution < -0.4 is 10.6 Å². The van der Waals surface area contributed by atoms with Crippen LogP contribution in [0.1, 0.15) is 78.9 Å². The highest BCUT2D eigenvalue weighted by atomic mass is 32.1. The van der Waals surface area contributed by atoms with Crippen LogP contribution in [0.2, 0.25) is 0 Å². The van der Waals surface area contributed by atoms with Gasteiger partial charge in [0.1, 0.15) is 5.82 Å². The van der Waals surface area contributed by atoms with E-state index >= 15 is 4.39 Å². The van der Waals surface area contributed by atoms with Gasteiger partial charge in [0.05, 0.1) is 33.3 Å². The van der Waals surface area contributed by atoms with Gasteiger partial charge in [-0.25, -0.2) is 9.37 Å². The Morgan fingerprint density at radius 1 is 0.953 bits per heavy atom. The molecule has 8 heteroatoms. The van der Waals surface area contributed by atoms with E-state index in [4.69, 9.17) is 0 Å². The lowest BCUT2D eigenvalue weighted by Gasteiger charge is -2.48. The van der Waals surface area contributed by atoms with Crippen molar-refractivity contribution in [2.45, 2.75) is 76.4 Å². The van der Waals surface area contributed by atoms with Crippen molar-refractivity contribution < 1.29 is 14.0 Å². The molecule has 222 valence electrons. The smallest absolute Gasteiger partial charge is 0.257 e. The van der Waals surface area contributed by atoms with E-state index in [1.165, 1.54) is 43.1 Å². The lowest BCUT2D eigenvalue weighted by Crippen LogP contribution is -2.54. The van der Waals surface area contributed by atoms with Gasteiger partial charge in [0.2, 0.25) is 5.91 Å². The van der Waals surface area contributed by atoms with Crippen LogP contribution in [0, 0.1) is 24.6 Å². The fraction of sp³-hybridized carbons (Fsp3) is 0.400. The molecule has 3 fully saturated rings. The maximum absolute atomic E-state index is 15.3. The molecule has 2 unspecified atom stereocenters. The fourth-order valence-corrected chi connectivity index (χ4v) is 8.43. The molecule has 2 heterocycles. The molecule has 1 aromatic heterocycles. The molecule has 6 nitrogen and oxygen atoms in total. The summed E-state index contributed by atoms with van der Waals surface area (Å²) in [5.74, 6) is -1.25. The van der Waals surface area contributed by atoms with Gasteiger partial charge in [0.15, 0.2) is 0 Å². The van der Waals surface area contributed by atoms with Crippen molar-refractivity contribution in [3.05, 3.63) is 88.7 Å². The van der Waals surface area contributed by atoms with E-state index in [9.17, 15) is 9.59 Å². The average Bonchev–Trinajstić information content (AvgIpc) is 3.78. The quantitative estimate of drug-likeness (QED) is 0.236. The Kier molecular flexibility index (Phi) is 7.63. The third-order valence-electron chi connectivity index (χ3n) is 9.80. The fourth-order valence-electron chi connectivity index (χ4n) is 7.72. The number of thiazole rings is 1. The molecule has 0 radical (unpaired) electrons. The van der Waals surface area contributed by atoms with E-state index in [0.717, 1.165) is 40.7 Å². The first-order valence-electron chi connectivity index (χ1n) is 15.5. The predicted octanol–water partition coefficient (Wildman–Crippen LogP) is 8.11. The zero-order valence-electron chi connectivity index (χ0n) is 24.4. The standard InChI is InChI=1S/C35H37FN4O2S/c1-21-6-4-10-28(36)32(21)35(42)40-30-11-5-7-23(30)18-27(34(41)39-26-16-17-29-31(19-26)43-20-37-29)33(40)22-12-14-25(15-13-22)38-24-8-2-3-9-24/h4,6,10,12-17,19-20,23-24,27,30,33,38H,2-3,5,7-9,11,18H2,1H3,(H,39,41)/t23-,27?,30-,33?/m0/s1. The number of nitrogens with one attached hydrogen (secondary N) is 2. The maximum atomic E-state index is 15.3. The van der Waals surface area contributed by atoms with Gasteiger partial charge in [-0.2, -0.15) is 0 Å². The number of nitrogens with zero attached hydrogens (tertiary/aromatic N) is 2. The molecule has 2 amide bonds. The Hall–Kier alpha value is -3.78. The minimum absolute atomic E-state index is 0.0367. The number of fused-ring (bicyclic) bond motifs is 2. The number of aryl methyl sites for hydroxylation is 1. The number of carbonyl (C=O) groups excluding carboxylic acids is 2. The molecule has 1 aliphatic heterocycles. The van der Waals surface area contributed by atoms with Crippen molar-refractivity contribution in [2.75, 3.05) is 10.6 Å². The Labute approximate surface area is 255 Å². The van der Waals surface area contributed by atoms with E-state index in [1.54, 1.807) is 24.6 Å². The van der Waals surface area contributed by atoms with Crippen molar-refractivity contribution >= 4 is 44.7 Å². The van der Waals surface area contributed by atoms with E-state index in [1.807, 2.05) is 23.1 Å². The van der Waals surface area contributed by atoms with Gasteiger partial charge in [0, 0.05) is 23.5 Å². The summed E-state index contributed by atoms with van der Waals surface area (Å²) in [6.45, 7) is 1.78. The third kappa shape index (κ3) is 5.42. The minimum atomic E-state index is -0.515. The van der Waals surface area contributed by atoms with E-state index in [-0.39, 0.29) is 29.3 Å². The molecule has 3 aromatic carbocycles. The Morgan fingerprint density at radius 2 is 1.74 bits per heavy atom. The highest BCUT2D eigenvalue weighted by Crippen LogP contribution is 2.49. The number of hydrogen-bond acceptors (Lipinski definition) is 5. The number of piperidine rings is 1. The first-order valence-corrected chi connectivity index (χ1v) is 16.4. The molecule has 2 saturated carbocycles. The van der Waals surface area contributed by atoms with Crippen molar-refractivity contribution in [2.24, 2.45) is 11.8 Å². The molecular formula is C35H37FN4O2S. The van der Waals surface area contributed by atoms with Crippen molar-refractivity contribution in [1.82, 2.24) is 9.88 Å². The van der Waals surface area contributed by atoms with Gasteiger partial charge in [-0.1, -0.05) is 43.5 Å². The van der Waals surface area contributed by atoms with Gasteiger partial charge in [-0.15, -0.1) is 11.3 Å². The summed E-state index contributed by atoms with van der Waals surface area (Å²) < 4.78 is 16.3. The zero-order valence-corrected chi connectivity index (χ0v) is 25.2. The number of aromatic nitrogens is 1. The first-order chi connectivity index (χ1) is 21.0. The maximum Gasteiger partial charge on any atom is 0.257 e. The molecule has 0 spiro atoms. The van der Waals surface area contributed by atoms with Crippen LogP contribution in [0.25, 0.3) is 10.2 Å². The number of anilines is 2. The van der Waals surface area contributed by atoms with Gasteiger partial charge < -0.3 is 15.5 Å². The first kappa shape index (κ1) is 28.0. The van der Waals surface area contributed by atoms with Crippen molar-refractivity contribution in [3.8, 4) is 0 Å². The number of likely N-dealkylation sites (tertiary alicyclic amines) is 1. The van der Waals surface area contributed by atoms with E-state index in [0.29, 0.717) is 23.7 Å². The summed E-state index contributed by atoms with van der Waals surface area (Å²) in [6, 6.07) is 18.7. The largest absolute Gasteiger partial charge is 0.382 e. The summed E-state index contributed by atoms with van der Waals surface area (Å²) in [5.41, 5.74) is 6.08. The number of carbonyl (C=O) groups is 2. The molecular weight excluding hydrogens is 559 g/mol. The molecule has 4 aromatic rings. The monoisotopic (exact) mass is 596 g/mol. The van der Waals surface area contributed by atoms with E-state index in [2.05, 4.69) is 39.9 Å². The highest BCUT2D eigenvalue weighted by molar-refractivity contribution is 7.16. The molecule has 2 aliphatic carbocycles. The topological polar surface area (TPSA) is 74.3 Å². The molecule has 1 saturated heterocycles. The van der Waals surface area contributed by atoms with Gasteiger partial charge in [0.25, 0.3) is 5.91 Å². The molecule has 43 heavy (non-hydrogen) atoms. The molecule has 7 rings (SSSR count). The Balaban J connectivity index is 1.27. The zero-order chi connectivity index (χ0) is 29.5. The second-order valence-corrected chi connectivity index (χ2v) is 13.3. The number of rotatable bonds is 6. The predicted molar refractivity (Wildman–Crippen MR) is 170 cm³/mol. The molecule has 3 aliphatic rings. The molecule has 2 N–H and O–H groups in total. The van der Waals surface area contributed by atoms with Gasteiger partial charge in [-0.05, 0) is 92.5 Å². The lowest BCUT2D eigenvalue weighted by atomic mass is 9.76. The van der Waals surface area contributed by atoms with Crippen LogP contribution in [-0.2, 0) is 4.79 Å².